The molecule has 0 saturated carbocycles. The van der Waals surface area contributed by atoms with E-state index < -0.39 is 17.7 Å². The van der Waals surface area contributed by atoms with Gasteiger partial charge in [-0.05, 0) is 46.2 Å². The van der Waals surface area contributed by atoms with Gasteiger partial charge in [0.05, 0.1) is 18.7 Å². The highest BCUT2D eigenvalue weighted by atomic mass is 16.5. The second-order valence-corrected chi connectivity index (χ2v) is 8.13. The number of hydrogen-bond donors (Lipinski definition) is 1. The van der Waals surface area contributed by atoms with E-state index in [1.807, 2.05) is 60.7 Å². The first kappa shape index (κ1) is 21.4. The van der Waals surface area contributed by atoms with Gasteiger partial charge in [-0.1, -0.05) is 54.6 Å². The van der Waals surface area contributed by atoms with Crippen LogP contribution in [0.4, 0.5) is 0 Å². The summed E-state index contributed by atoms with van der Waals surface area (Å²) in [5.41, 5.74) is 1.98. The summed E-state index contributed by atoms with van der Waals surface area (Å²) in [6.45, 7) is 0.176. The largest absolute Gasteiger partial charge is 0.507 e. The van der Waals surface area contributed by atoms with Gasteiger partial charge in [0.1, 0.15) is 11.5 Å². The lowest BCUT2D eigenvalue weighted by atomic mass is 9.95. The number of aliphatic hydroxyl groups excluding tert-OH is 1. The Hall–Kier alpha value is -4.45. The number of ketones is 1. The van der Waals surface area contributed by atoms with Crippen LogP contribution < -0.4 is 4.74 Å². The van der Waals surface area contributed by atoms with E-state index in [0.717, 1.165) is 16.3 Å². The Kier molecular flexibility index (Phi) is 5.55. The molecule has 1 aliphatic rings. The summed E-state index contributed by atoms with van der Waals surface area (Å²) in [7, 11) is 1.57. The van der Waals surface area contributed by atoms with Gasteiger partial charge in [-0.15, -0.1) is 0 Å². The summed E-state index contributed by atoms with van der Waals surface area (Å²) < 4.78 is 5.30. The average molecular weight is 450 g/mol. The molecule has 1 aliphatic heterocycles. The summed E-state index contributed by atoms with van der Waals surface area (Å²) in [6, 6.07) is 23.3. The van der Waals surface area contributed by atoms with Crippen LogP contribution in [-0.2, 0) is 16.1 Å². The van der Waals surface area contributed by atoms with Gasteiger partial charge in [0.25, 0.3) is 11.7 Å². The second kappa shape index (κ2) is 8.83. The fourth-order valence-electron chi connectivity index (χ4n) is 4.39. The maximum Gasteiger partial charge on any atom is 0.295 e. The number of methoxy groups -OCH3 is 1. The third-order valence-electron chi connectivity index (χ3n) is 6.05. The Labute approximate surface area is 196 Å². The molecule has 1 fully saturated rings. The molecule has 4 aromatic rings. The molecule has 1 atom stereocenters. The smallest absolute Gasteiger partial charge is 0.295 e. The molecule has 6 heteroatoms. The summed E-state index contributed by atoms with van der Waals surface area (Å²) in [5.74, 6) is -0.935. The molecule has 1 aromatic heterocycles. The fourth-order valence-corrected chi connectivity index (χ4v) is 4.39. The highest BCUT2D eigenvalue weighted by Gasteiger charge is 2.46. The van der Waals surface area contributed by atoms with Gasteiger partial charge in [-0.2, -0.15) is 0 Å². The number of hydrogen-bond acceptors (Lipinski definition) is 5. The van der Waals surface area contributed by atoms with Crippen molar-refractivity contribution < 1.29 is 19.4 Å². The van der Waals surface area contributed by atoms with Gasteiger partial charge in [-0.3, -0.25) is 14.6 Å². The van der Waals surface area contributed by atoms with E-state index in [9.17, 15) is 14.7 Å². The van der Waals surface area contributed by atoms with Crippen molar-refractivity contribution in [2.75, 3.05) is 7.11 Å². The van der Waals surface area contributed by atoms with Crippen molar-refractivity contribution >= 4 is 28.2 Å². The molecule has 1 amide bonds. The minimum atomic E-state index is -0.772. The molecule has 1 saturated heterocycles. The van der Waals surface area contributed by atoms with E-state index in [1.54, 1.807) is 37.7 Å². The molecule has 0 spiro atoms. The SMILES string of the molecule is COc1cccc(CN2C(=O)C(=O)/C(=C(\O)c3ccc4ccccc4c3)C2c2cccnc2)c1. The van der Waals surface area contributed by atoms with Crippen LogP contribution in [0, 0.1) is 0 Å². The van der Waals surface area contributed by atoms with Gasteiger partial charge in [0.15, 0.2) is 0 Å². The maximum atomic E-state index is 13.2. The van der Waals surface area contributed by atoms with E-state index in [4.69, 9.17) is 4.74 Å². The van der Waals surface area contributed by atoms with Crippen molar-refractivity contribution in [3.63, 3.8) is 0 Å². The Morgan fingerprint density at radius 2 is 1.79 bits per heavy atom. The zero-order chi connectivity index (χ0) is 23.7. The van der Waals surface area contributed by atoms with Crippen molar-refractivity contribution in [2.45, 2.75) is 12.6 Å². The van der Waals surface area contributed by atoms with E-state index in [-0.39, 0.29) is 17.9 Å². The number of aromatic nitrogens is 1. The number of ether oxygens (including phenoxy) is 1. The van der Waals surface area contributed by atoms with Crippen LogP contribution in [0.2, 0.25) is 0 Å². The lowest BCUT2D eigenvalue weighted by Crippen LogP contribution is -2.29. The molecule has 0 radical (unpaired) electrons. The lowest BCUT2D eigenvalue weighted by molar-refractivity contribution is -0.140. The predicted octanol–water partition coefficient (Wildman–Crippen LogP) is 4.87. The summed E-state index contributed by atoms with van der Waals surface area (Å²) in [5, 5.41) is 13.2. The Morgan fingerprint density at radius 1 is 0.971 bits per heavy atom. The molecule has 3 aromatic carbocycles. The first-order valence-corrected chi connectivity index (χ1v) is 10.9. The number of carbonyl (C=O) groups excluding carboxylic acids is 2. The molecule has 168 valence electrons. The van der Waals surface area contributed by atoms with Gasteiger partial charge >= 0.3 is 0 Å². The van der Waals surface area contributed by atoms with E-state index in [2.05, 4.69) is 4.98 Å². The number of likely N-dealkylation sites (tertiary alicyclic amines) is 1. The molecule has 34 heavy (non-hydrogen) atoms. The number of carbonyl (C=O) groups is 2. The van der Waals surface area contributed by atoms with Crippen molar-refractivity contribution in [1.82, 2.24) is 9.88 Å². The van der Waals surface area contributed by atoms with Gasteiger partial charge in [-0.25, -0.2) is 0 Å². The first-order chi connectivity index (χ1) is 16.6. The number of amides is 1. The monoisotopic (exact) mass is 450 g/mol. The minimum absolute atomic E-state index is 0.0520. The van der Waals surface area contributed by atoms with Crippen molar-refractivity contribution in [3.05, 3.63) is 114 Å². The Morgan fingerprint density at radius 3 is 2.56 bits per heavy atom. The maximum absolute atomic E-state index is 13.2. The molecule has 1 N–H and O–H groups in total. The number of benzene rings is 3. The summed E-state index contributed by atoms with van der Waals surface area (Å²) >= 11 is 0. The zero-order valence-corrected chi connectivity index (χ0v) is 18.5. The first-order valence-electron chi connectivity index (χ1n) is 10.9. The molecule has 5 rings (SSSR count). The predicted molar refractivity (Wildman–Crippen MR) is 129 cm³/mol. The molecule has 0 bridgehead atoms. The summed E-state index contributed by atoms with van der Waals surface area (Å²) in [6.07, 6.45) is 3.24. The fraction of sp³-hybridized carbons (Fsp3) is 0.107. The third kappa shape index (κ3) is 3.79. The number of fused-ring (bicyclic) bond motifs is 1. The normalized spacial score (nSPS) is 17.3. The van der Waals surface area contributed by atoms with Crippen LogP contribution >= 0.6 is 0 Å². The topological polar surface area (TPSA) is 79.7 Å². The second-order valence-electron chi connectivity index (χ2n) is 8.13. The zero-order valence-electron chi connectivity index (χ0n) is 18.5. The Balaban J connectivity index is 1.64. The molecule has 1 unspecified atom stereocenters. The van der Waals surface area contributed by atoms with Gasteiger partial charge in [0.2, 0.25) is 0 Å². The number of rotatable bonds is 5. The van der Waals surface area contributed by atoms with Crippen molar-refractivity contribution in [3.8, 4) is 5.75 Å². The van der Waals surface area contributed by atoms with E-state index in [1.165, 1.54) is 4.90 Å². The van der Waals surface area contributed by atoms with Crippen LogP contribution in [0.3, 0.4) is 0 Å². The number of nitrogens with zero attached hydrogens (tertiary/aromatic N) is 2. The lowest BCUT2D eigenvalue weighted by Gasteiger charge is -2.25. The van der Waals surface area contributed by atoms with Crippen LogP contribution in [0.1, 0.15) is 22.7 Å². The van der Waals surface area contributed by atoms with Crippen LogP contribution in [-0.4, -0.2) is 33.8 Å². The average Bonchev–Trinajstić information content (AvgIpc) is 3.13. The highest BCUT2D eigenvalue weighted by Crippen LogP contribution is 2.40. The Bertz CT molecular complexity index is 1430. The third-order valence-corrected chi connectivity index (χ3v) is 6.05. The number of pyridine rings is 1. The van der Waals surface area contributed by atoms with Crippen LogP contribution in [0.5, 0.6) is 5.75 Å². The highest BCUT2D eigenvalue weighted by molar-refractivity contribution is 6.46. The minimum Gasteiger partial charge on any atom is -0.507 e. The number of aliphatic hydroxyl groups is 1. The molecular formula is C28H22N2O4. The van der Waals surface area contributed by atoms with Crippen molar-refractivity contribution in [1.29, 1.82) is 0 Å². The standard InChI is InChI=1S/C28H22N2O4/c1-34-23-10-4-6-18(14-23)17-30-25(22-9-5-13-29-16-22)24(27(32)28(30)33)26(31)21-12-11-19-7-2-3-8-20(19)15-21/h2-16,25,31H,17H2,1H3/b26-24-. The molecule has 2 heterocycles. The molecule has 0 aliphatic carbocycles. The quantitative estimate of drug-likeness (QED) is 0.267. The molecular weight excluding hydrogens is 428 g/mol. The van der Waals surface area contributed by atoms with Crippen LogP contribution in [0.25, 0.3) is 16.5 Å². The van der Waals surface area contributed by atoms with Crippen molar-refractivity contribution in [2.24, 2.45) is 0 Å². The van der Waals surface area contributed by atoms with Crippen LogP contribution in [0.15, 0.2) is 96.8 Å². The summed E-state index contributed by atoms with van der Waals surface area (Å²) in [4.78, 5) is 32.1. The molecule has 6 nitrogen and oxygen atoms in total. The van der Waals surface area contributed by atoms with E-state index >= 15 is 0 Å². The number of Topliss-reactive ketones (excluding diaryl/α,β-unsaturated/α-hetero) is 1. The van der Waals surface area contributed by atoms with E-state index in [0.29, 0.717) is 16.9 Å². The van der Waals surface area contributed by atoms with Gasteiger partial charge < -0.3 is 14.7 Å². The van der Waals surface area contributed by atoms with Gasteiger partial charge in [0, 0.05) is 24.5 Å².